The van der Waals surface area contributed by atoms with Gasteiger partial charge in [-0.2, -0.15) is 0 Å². The van der Waals surface area contributed by atoms with Crippen LogP contribution in [0.15, 0.2) is 53.4 Å². The third-order valence-corrected chi connectivity index (χ3v) is 5.36. The van der Waals surface area contributed by atoms with Crippen molar-refractivity contribution < 1.29 is 4.79 Å². The second kappa shape index (κ2) is 8.06. The molecule has 0 saturated carbocycles. The summed E-state index contributed by atoms with van der Waals surface area (Å²) in [6.45, 7) is 4.25. The zero-order valence-electron chi connectivity index (χ0n) is 13.7. The van der Waals surface area contributed by atoms with Crippen molar-refractivity contribution in [1.82, 2.24) is 9.80 Å². The van der Waals surface area contributed by atoms with Gasteiger partial charge in [0.15, 0.2) is 0 Å². The van der Waals surface area contributed by atoms with Crippen molar-refractivity contribution in [2.75, 3.05) is 32.4 Å². The van der Waals surface area contributed by atoms with Crippen LogP contribution in [0.5, 0.6) is 0 Å². The highest BCUT2D eigenvalue weighted by Crippen LogP contribution is 2.22. The molecule has 2 aromatic carbocycles. The van der Waals surface area contributed by atoms with E-state index in [0.29, 0.717) is 0 Å². The SMILES string of the molecule is CSc1ccccc1C(=O)N1CCN(Cc2ccc(Cl)cc2)CC1. The van der Waals surface area contributed by atoms with Gasteiger partial charge in [0.2, 0.25) is 0 Å². The minimum absolute atomic E-state index is 0.145. The van der Waals surface area contributed by atoms with Gasteiger partial charge in [0, 0.05) is 42.6 Å². The second-order valence-corrected chi connectivity index (χ2v) is 7.18. The van der Waals surface area contributed by atoms with E-state index in [4.69, 9.17) is 11.6 Å². The second-order valence-electron chi connectivity index (χ2n) is 5.90. The summed E-state index contributed by atoms with van der Waals surface area (Å²) < 4.78 is 0. The predicted molar refractivity (Wildman–Crippen MR) is 101 cm³/mol. The number of amides is 1. The third kappa shape index (κ3) is 4.12. The summed E-state index contributed by atoms with van der Waals surface area (Å²) in [6, 6.07) is 15.8. The lowest BCUT2D eigenvalue weighted by Gasteiger charge is -2.35. The first kappa shape index (κ1) is 17.3. The minimum atomic E-state index is 0.145. The Balaban J connectivity index is 1.58. The summed E-state index contributed by atoms with van der Waals surface area (Å²) in [5.74, 6) is 0.145. The van der Waals surface area contributed by atoms with Crippen LogP contribution in [0.25, 0.3) is 0 Å². The monoisotopic (exact) mass is 360 g/mol. The quantitative estimate of drug-likeness (QED) is 0.769. The van der Waals surface area contributed by atoms with Crippen LogP contribution in [0.4, 0.5) is 0 Å². The van der Waals surface area contributed by atoms with Crippen LogP contribution in [0.3, 0.4) is 0 Å². The highest BCUT2D eigenvalue weighted by molar-refractivity contribution is 7.98. The van der Waals surface area contributed by atoms with Gasteiger partial charge < -0.3 is 4.90 Å². The van der Waals surface area contributed by atoms with Gasteiger partial charge in [-0.05, 0) is 36.1 Å². The molecule has 1 aliphatic rings. The number of piperazine rings is 1. The molecule has 0 aliphatic carbocycles. The van der Waals surface area contributed by atoms with Crippen LogP contribution in [0.2, 0.25) is 5.02 Å². The van der Waals surface area contributed by atoms with E-state index < -0.39 is 0 Å². The molecule has 126 valence electrons. The average Bonchev–Trinajstić information content (AvgIpc) is 2.63. The topological polar surface area (TPSA) is 23.6 Å². The molecule has 24 heavy (non-hydrogen) atoms. The molecule has 0 bridgehead atoms. The number of carbonyl (C=O) groups excluding carboxylic acids is 1. The molecule has 1 aliphatic heterocycles. The number of hydrogen-bond donors (Lipinski definition) is 0. The van der Waals surface area contributed by atoms with E-state index in [-0.39, 0.29) is 5.91 Å². The van der Waals surface area contributed by atoms with Crippen LogP contribution in [0.1, 0.15) is 15.9 Å². The first-order valence-electron chi connectivity index (χ1n) is 8.06. The molecular weight excluding hydrogens is 340 g/mol. The molecule has 0 N–H and O–H groups in total. The highest BCUT2D eigenvalue weighted by atomic mass is 35.5. The Hall–Kier alpha value is -1.49. The summed E-state index contributed by atoms with van der Waals surface area (Å²) in [7, 11) is 0. The first-order valence-corrected chi connectivity index (χ1v) is 9.67. The van der Waals surface area contributed by atoms with Crippen molar-refractivity contribution in [3.63, 3.8) is 0 Å². The molecule has 1 heterocycles. The smallest absolute Gasteiger partial charge is 0.255 e. The molecule has 0 aromatic heterocycles. The lowest BCUT2D eigenvalue weighted by Crippen LogP contribution is -2.48. The van der Waals surface area contributed by atoms with E-state index in [1.54, 1.807) is 11.8 Å². The number of carbonyl (C=O) groups is 1. The summed E-state index contributed by atoms with van der Waals surface area (Å²) in [5.41, 5.74) is 2.07. The Morgan fingerprint density at radius 1 is 1.04 bits per heavy atom. The number of nitrogens with zero attached hydrogens (tertiary/aromatic N) is 2. The van der Waals surface area contributed by atoms with E-state index in [2.05, 4.69) is 17.0 Å². The molecule has 1 saturated heterocycles. The van der Waals surface area contributed by atoms with E-state index in [1.165, 1.54) is 5.56 Å². The van der Waals surface area contributed by atoms with Gasteiger partial charge in [0.05, 0.1) is 5.56 Å². The van der Waals surface area contributed by atoms with Gasteiger partial charge in [-0.25, -0.2) is 0 Å². The van der Waals surface area contributed by atoms with Gasteiger partial charge in [-0.1, -0.05) is 35.9 Å². The van der Waals surface area contributed by atoms with Crippen LogP contribution in [-0.2, 0) is 6.54 Å². The zero-order chi connectivity index (χ0) is 16.9. The number of benzene rings is 2. The predicted octanol–water partition coefficient (Wildman–Crippen LogP) is 4.02. The van der Waals surface area contributed by atoms with Crippen molar-refractivity contribution >= 4 is 29.3 Å². The zero-order valence-corrected chi connectivity index (χ0v) is 15.3. The number of hydrogen-bond acceptors (Lipinski definition) is 3. The van der Waals surface area contributed by atoms with Crippen molar-refractivity contribution in [2.45, 2.75) is 11.4 Å². The molecule has 2 aromatic rings. The van der Waals surface area contributed by atoms with E-state index in [9.17, 15) is 4.79 Å². The molecule has 0 unspecified atom stereocenters. The van der Waals surface area contributed by atoms with Gasteiger partial charge >= 0.3 is 0 Å². The van der Waals surface area contributed by atoms with Crippen molar-refractivity contribution in [2.24, 2.45) is 0 Å². The molecule has 1 amide bonds. The Kier molecular flexibility index (Phi) is 5.82. The van der Waals surface area contributed by atoms with E-state index in [1.807, 2.05) is 47.6 Å². The normalized spacial score (nSPS) is 15.5. The Morgan fingerprint density at radius 2 is 1.71 bits per heavy atom. The largest absolute Gasteiger partial charge is 0.336 e. The summed E-state index contributed by atoms with van der Waals surface area (Å²) >= 11 is 7.55. The number of thioether (sulfide) groups is 1. The van der Waals surface area contributed by atoms with Crippen LogP contribution < -0.4 is 0 Å². The van der Waals surface area contributed by atoms with Crippen molar-refractivity contribution in [3.8, 4) is 0 Å². The van der Waals surface area contributed by atoms with Crippen molar-refractivity contribution in [1.29, 1.82) is 0 Å². The molecule has 0 radical (unpaired) electrons. The lowest BCUT2D eigenvalue weighted by atomic mass is 10.1. The maximum atomic E-state index is 12.8. The Bertz CT molecular complexity index is 697. The first-order chi connectivity index (χ1) is 11.7. The molecule has 3 rings (SSSR count). The van der Waals surface area contributed by atoms with Crippen LogP contribution in [-0.4, -0.2) is 48.1 Å². The fraction of sp³-hybridized carbons (Fsp3) is 0.316. The molecule has 3 nitrogen and oxygen atoms in total. The molecule has 0 atom stereocenters. The maximum absolute atomic E-state index is 12.8. The van der Waals surface area contributed by atoms with Gasteiger partial charge in [-0.3, -0.25) is 9.69 Å². The minimum Gasteiger partial charge on any atom is -0.336 e. The van der Waals surface area contributed by atoms with Crippen LogP contribution >= 0.6 is 23.4 Å². The molecule has 5 heteroatoms. The fourth-order valence-electron chi connectivity index (χ4n) is 2.95. The molecule has 1 fully saturated rings. The van der Waals surface area contributed by atoms with Gasteiger partial charge in [0.25, 0.3) is 5.91 Å². The Morgan fingerprint density at radius 3 is 2.38 bits per heavy atom. The van der Waals surface area contributed by atoms with E-state index in [0.717, 1.165) is 48.2 Å². The fourth-order valence-corrected chi connectivity index (χ4v) is 3.66. The molecular formula is C19H21ClN2OS. The summed E-state index contributed by atoms with van der Waals surface area (Å²) in [4.78, 5) is 18.2. The number of rotatable bonds is 4. The van der Waals surface area contributed by atoms with E-state index >= 15 is 0 Å². The van der Waals surface area contributed by atoms with Gasteiger partial charge in [-0.15, -0.1) is 11.8 Å². The van der Waals surface area contributed by atoms with Crippen LogP contribution in [0, 0.1) is 0 Å². The molecule has 0 spiro atoms. The standard InChI is InChI=1S/C19H21ClN2OS/c1-24-18-5-3-2-4-17(18)19(23)22-12-10-21(11-13-22)14-15-6-8-16(20)9-7-15/h2-9H,10-14H2,1H3. The van der Waals surface area contributed by atoms with Gasteiger partial charge in [0.1, 0.15) is 0 Å². The maximum Gasteiger partial charge on any atom is 0.255 e. The summed E-state index contributed by atoms with van der Waals surface area (Å²) in [6.07, 6.45) is 2.01. The highest BCUT2D eigenvalue weighted by Gasteiger charge is 2.23. The van der Waals surface area contributed by atoms with Crippen molar-refractivity contribution in [3.05, 3.63) is 64.7 Å². The lowest BCUT2D eigenvalue weighted by molar-refractivity contribution is 0.0625. The Labute approximate surface area is 152 Å². The summed E-state index contributed by atoms with van der Waals surface area (Å²) in [5, 5.41) is 0.765. The average molecular weight is 361 g/mol. The number of halogens is 1. The third-order valence-electron chi connectivity index (χ3n) is 4.32.